The summed E-state index contributed by atoms with van der Waals surface area (Å²) in [6.45, 7) is 1.90. The van der Waals surface area contributed by atoms with Gasteiger partial charge in [-0.3, -0.25) is 9.59 Å². The van der Waals surface area contributed by atoms with E-state index in [4.69, 9.17) is 10.5 Å². The van der Waals surface area contributed by atoms with Gasteiger partial charge in [-0.1, -0.05) is 24.6 Å². The van der Waals surface area contributed by atoms with E-state index in [-0.39, 0.29) is 24.8 Å². The lowest BCUT2D eigenvalue weighted by Gasteiger charge is -2.18. The van der Waals surface area contributed by atoms with Crippen LogP contribution in [-0.4, -0.2) is 36.8 Å². The SMILES string of the molecule is CCOC(=O)NC(CCCCC(=O)Nc1ccccc1N)C(=O)Nc1cccc(SC)c1. The molecule has 5 N–H and O–H groups in total. The van der Waals surface area contributed by atoms with Crippen molar-refractivity contribution in [1.29, 1.82) is 0 Å². The third-order valence-electron chi connectivity index (χ3n) is 4.60. The summed E-state index contributed by atoms with van der Waals surface area (Å²) in [6.07, 6.45) is 3.06. The average molecular weight is 459 g/mol. The number of nitrogens with one attached hydrogen (secondary N) is 3. The predicted molar refractivity (Wildman–Crippen MR) is 129 cm³/mol. The van der Waals surface area contributed by atoms with E-state index in [9.17, 15) is 14.4 Å². The number of thioether (sulfide) groups is 1. The molecular weight excluding hydrogens is 428 g/mol. The minimum atomic E-state index is -0.778. The molecule has 0 spiro atoms. The molecule has 0 heterocycles. The van der Waals surface area contributed by atoms with Gasteiger partial charge in [-0.2, -0.15) is 0 Å². The molecule has 0 aliphatic rings. The molecular formula is C23H30N4O4S. The van der Waals surface area contributed by atoms with Gasteiger partial charge in [0.1, 0.15) is 6.04 Å². The molecule has 172 valence electrons. The van der Waals surface area contributed by atoms with Gasteiger partial charge in [-0.05, 0) is 56.4 Å². The van der Waals surface area contributed by atoms with Gasteiger partial charge in [0.05, 0.1) is 18.0 Å². The molecule has 0 bridgehead atoms. The summed E-state index contributed by atoms with van der Waals surface area (Å²) in [5.74, 6) is -0.492. The van der Waals surface area contributed by atoms with Gasteiger partial charge in [-0.15, -0.1) is 11.8 Å². The fraction of sp³-hybridized carbons (Fsp3) is 0.348. The number of unbranched alkanes of at least 4 members (excludes halogenated alkanes) is 1. The van der Waals surface area contributed by atoms with Crippen LogP contribution in [0, 0.1) is 0 Å². The first-order chi connectivity index (χ1) is 15.4. The van der Waals surface area contributed by atoms with Crippen molar-refractivity contribution in [2.24, 2.45) is 0 Å². The first kappa shape index (κ1) is 25.1. The maximum atomic E-state index is 12.8. The van der Waals surface area contributed by atoms with Gasteiger partial charge in [0.25, 0.3) is 0 Å². The molecule has 0 aromatic heterocycles. The van der Waals surface area contributed by atoms with Crippen molar-refractivity contribution in [2.45, 2.75) is 43.5 Å². The van der Waals surface area contributed by atoms with Gasteiger partial charge in [0.2, 0.25) is 11.8 Å². The van der Waals surface area contributed by atoms with Crippen LogP contribution >= 0.6 is 11.8 Å². The van der Waals surface area contributed by atoms with Gasteiger partial charge in [-0.25, -0.2) is 4.79 Å². The zero-order valence-electron chi connectivity index (χ0n) is 18.4. The third-order valence-corrected chi connectivity index (χ3v) is 5.33. The Bertz CT molecular complexity index is 922. The number of hydrogen-bond acceptors (Lipinski definition) is 6. The highest BCUT2D eigenvalue weighted by Crippen LogP contribution is 2.20. The van der Waals surface area contributed by atoms with Crippen molar-refractivity contribution in [1.82, 2.24) is 5.32 Å². The molecule has 2 aromatic rings. The number of benzene rings is 2. The van der Waals surface area contributed by atoms with Gasteiger partial charge >= 0.3 is 6.09 Å². The first-order valence-electron chi connectivity index (χ1n) is 10.5. The smallest absolute Gasteiger partial charge is 0.407 e. The highest BCUT2D eigenvalue weighted by atomic mass is 32.2. The minimum Gasteiger partial charge on any atom is -0.450 e. The number of carbonyl (C=O) groups is 3. The Morgan fingerprint density at radius 3 is 2.56 bits per heavy atom. The number of nitrogen functional groups attached to an aromatic ring is 1. The number of amides is 3. The fourth-order valence-corrected chi connectivity index (χ4v) is 3.43. The second-order valence-corrected chi connectivity index (χ2v) is 7.90. The second kappa shape index (κ2) is 13.3. The van der Waals surface area contributed by atoms with E-state index in [1.165, 1.54) is 0 Å². The maximum Gasteiger partial charge on any atom is 0.407 e. The van der Waals surface area contributed by atoms with E-state index in [1.54, 1.807) is 49.0 Å². The zero-order valence-corrected chi connectivity index (χ0v) is 19.2. The Kier molecular flexibility index (Phi) is 10.4. The van der Waals surface area contributed by atoms with Gasteiger partial charge in [0.15, 0.2) is 0 Å². The van der Waals surface area contributed by atoms with Crippen LogP contribution in [0.2, 0.25) is 0 Å². The van der Waals surface area contributed by atoms with E-state index in [1.807, 2.05) is 24.5 Å². The highest BCUT2D eigenvalue weighted by molar-refractivity contribution is 7.98. The van der Waals surface area contributed by atoms with E-state index in [0.717, 1.165) is 4.90 Å². The predicted octanol–water partition coefficient (Wildman–Crippen LogP) is 4.24. The molecule has 1 atom stereocenters. The molecule has 0 saturated carbocycles. The number of anilines is 3. The molecule has 2 rings (SSSR count). The first-order valence-corrected chi connectivity index (χ1v) is 11.7. The molecule has 8 nitrogen and oxygen atoms in total. The molecule has 0 saturated heterocycles. The Morgan fingerprint density at radius 1 is 1.06 bits per heavy atom. The Morgan fingerprint density at radius 2 is 1.84 bits per heavy atom. The Hall–Kier alpha value is -3.20. The fourth-order valence-electron chi connectivity index (χ4n) is 2.97. The van der Waals surface area contributed by atoms with E-state index in [2.05, 4.69) is 16.0 Å². The minimum absolute atomic E-state index is 0.156. The lowest BCUT2D eigenvalue weighted by atomic mass is 10.1. The molecule has 0 radical (unpaired) electrons. The Balaban J connectivity index is 1.88. The van der Waals surface area contributed by atoms with E-state index in [0.29, 0.717) is 36.3 Å². The van der Waals surface area contributed by atoms with E-state index >= 15 is 0 Å². The van der Waals surface area contributed by atoms with Crippen LogP contribution in [0.25, 0.3) is 0 Å². The number of carbonyl (C=O) groups excluding carboxylic acids is 3. The van der Waals surface area contributed by atoms with E-state index < -0.39 is 12.1 Å². The molecule has 2 aromatic carbocycles. The number of rotatable bonds is 11. The summed E-state index contributed by atoms with van der Waals surface area (Å²) in [5, 5.41) is 8.22. The van der Waals surface area contributed by atoms with Crippen molar-refractivity contribution in [2.75, 3.05) is 29.2 Å². The van der Waals surface area contributed by atoms with Crippen LogP contribution < -0.4 is 21.7 Å². The summed E-state index contributed by atoms with van der Waals surface area (Å²) >= 11 is 1.57. The van der Waals surface area contributed by atoms with Gasteiger partial charge in [0, 0.05) is 17.0 Å². The molecule has 0 aliphatic carbocycles. The Labute approximate surface area is 192 Å². The van der Waals surface area contributed by atoms with Crippen molar-refractivity contribution in [3.8, 4) is 0 Å². The molecule has 3 amide bonds. The monoisotopic (exact) mass is 458 g/mol. The van der Waals surface area contributed by atoms with Crippen LogP contribution in [0.1, 0.15) is 32.6 Å². The zero-order chi connectivity index (χ0) is 23.3. The number of alkyl carbamates (subject to hydrolysis) is 1. The standard InChI is InChI=1S/C23H30N4O4S/c1-3-31-23(30)27-20(22(29)25-16-9-8-10-17(15-16)32-2)13-6-7-14-21(28)26-19-12-5-4-11-18(19)24/h4-5,8-12,15,20H,3,6-7,13-14,24H2,1-2H3,(H,25,29)(H,26,28)(H,27,30). The summed E-state index contributed by atoms with van der Waals surface area (Å²) in [6, 6.07) is 13.7. The lowest BCUT2D eigenvalue weighted by molar-refractivity contribution is -0.118. The topological polar surface area (TPSA) is 123 Å². The molecule has 1 unspecified atom stereocenters. The molecule has 32 heavy (non-hydrogen) atoms. The van der Waals surface area contributed by atoms with Crippen molar-refractivity contribution in [3.05, 3.63) is 48.5 Å². The number of ether oxygens (including phenoxy) is 1. The summed E-state index contributed by atoms with van der Waals surface area (Å²) in [4.78, 5) is 37.9. The highest BCUT2D eigenvalue weighted by Gasteiger charge is 2.21. The lowest BCUT2D eigenvalue weighted by Crippen LogP contribution is -2.44. The van der Waals surface area contributed by atoms with Crippen molar-refractivity contribution >= 4 is 46.7 Å². The molecule has 9 heteroatoms. The molecule has 0 fully saturated rings. The van der Waals surface area contributed by atoms with Crippen LogP contribution in [0.5, 0.6) is 0 Å². The quantitative estimate of drug-likeness (QED) is 0.227. The largest absolute Gasteiger partial charge is 0.450 e. The summed E-state index contributed by atoms with van der Waals surface area (Å²) < 4.78 is 4.92. The molecule has 0 aliphatic heterocycles. The second-order valence-electron chi connectivity index (χ2n) is 7.02. The number of hydrogen-bond donors (Lipinski definition) is 4. The number of para-hydroxylation sites is 2. The van der Waals surface area contributed by atoms with Crippen LogP contribution in [-0.2, 0) is 14.3 Å². The summed E-state index contributed by atoms with van der Waals surface area (Å²) in [5.41, 5.74) is 7.56. The van der Waals surface area contributed by atoms with Crippen LogP contribution in [0.4, 0.5) is 21.9 Å². The summed E-state index contributed by atoms with van der Waals surface area (Å²) in [7, 11) is 0. The maximum absolute atomic E-state index is 12.8. The third kappa shape index (κ3) is 8.50. The van der Waals surface area contributed by atoms with Crippen molar-refractivity contribution in [3.63, 3.8) is 0 Å². The number of nitrogens with two attached hydrogens (primary N) is 1. The van der Waals surface area contributed by atoms with Gasteiger partial charge < -0.3 is 26.4 Å². The van der Waals surface area contributed by atoms with Crippen LogP contribution in [0.15, 0.2) is 53.4 Å². The average Bonchev–Trinajstić information content (AvgIpc) is 2.77. The van der Waals surface area contributed by atoms with Crippen LogP contribution in [0.3, 0.4) is 0 Å². The van der Waals surface area contributed by atoms with Crippen molar-refractivity contribution < 1.29 is 19.1 Å². The normalized spacial score (nSPS) is 11.3.